The van der Waals surface area contributed by atoms with Gasteiger partial charge in [-0.2, -0.15) is 0 Å². The SMILES string of the molecule is CCC(=O)NC1=C(C)[C@H]2OCC(=NOCc3ccc(-c4nc(N)cs4)cn3)CO[C@](C)(C[C@H]1C)[C@H](O[C@@H]1O[C@H](C)C[C@H](N(C)C)[C@H]1OC(C)=O)[C@@H](C)C(=O)[C@](C)(F)C(=O)O[C@H](CC)[C@@]2(C)O. The molecule has 0 unspecified atom stereocenters. The molecule has 0 radical (unpaired) electrons. The lowest BCUT2D eigenvalue weighted by Gasteiger charge is -2.48. The number of carbonyl (C=O) groups excluding carboxylic acids is 4. The third-order valence-corrected chi connectivity index (χ3v) is 13.5. The number of Topliss-reactive ketones (excluding diaryl/α,β-unsaturated/α-hetero) is 1. The summed E-state index contributed by atoms with van der Waals surface area (Å²) in [5.74, 6) is -5.40. The van der Waals surface area contributed by atoms with E-state index in [1.54, 1.807) is 45.3 Å². The number of hydrogen-bond donors (Lipinski definition) is 3. The van der Waals surface area contributed by atoms with E-state index in [9.17, 15) is 24.3 Å². The van der Waals surface area contributed by atoms with E-state index in [1.807, 2.05) is 38.9 Å². The number of esters is 2. The van der Waals surface area contributed by atoms with E-state index in [1.165, 1.54) is 32.1 Å². The summed E-state index contributed by atoms with van der Waals surface area (Å²) in [6.45, 7) is 14.5. The molecule has 4 N–H and O–H groups in total. The zero-order valence-corrected chi connectivity index (χ0v) is 40.9. The second kappa shape index (κ2) is 21.7. The fraction of sp³-hybridized carbons (Fsp3) is 0.674. The number of alkyl halides is 1. The molecular formula is C46H67FN6O12S. The zero-order valence-electron chi connectivity index (χ0n) is 40.0. The minimum atomic E-state index is -3.26. The second-order valence-corrected chi connectivity index (χ2v) is 19.2. The maximum absolute atomic E-state index is 17.1. The van der Waals surface area contributed by atoms with Gasteiger partial charge in [-0.25, -0.2) is 14.2 Å². The van der Waals surface area contributed by atoms with Gasteiger partial charge < -0.3 is 54.3 Å². The molecule has 12 atom stereocenters. The summed E-state index contributed by atoms with van der Waals surface area (Å²) < 4.78 is 55.4. The molecule has 366 valence electrons. The van der Waals surface area contributed by atoms with Crippen molar-refractivity contribution in [3.05, 3.63) is 40.7 Å². The molecule has 0 saturated carbocycles. The number of cyclic esters (lactones) is 1. The van der Waals surface area contributed by atoms with Crippen LogP contribution in [-0.2, 0) is 59.0 Å². The molecule has 3 aliphatic rings. The predicted octanol–water partition coefficient (Wildman–Crippen LogP) is 5.06. The molecule has 5 heterocycles. The van der Waals surface area contributed by atoms with Crippen molar-refractivity contribution in [3.8, 4) is 10.6 Å². The average Bonchev–Trinajstić information content (AvgIpc) is 3.69. The molecule has 5 rings (SSSR count). The Bertz CT molecular complexity index is 2110. The number of nitrogen functional groups attached to an aromatic ring is 1. The van der Waals surface area contributed by atoms with Crippen molar-refractivity contribution in [1.29, 1.82) is 0 Å². The van der Waals surface area contributed by atoms with Gasteiger partial charge in [-0.05, 0) is 91.6 Å². The highest BCUT2D eigenvalue weighted by molar-refractivity contribution is 7.13. The number of fused-ring (bicyclic) bond motifs is 4. The van der Waals surface area contributed by atoms with Crippen molar-refractivity contribution >= 4 is 46.5 Å². The van der Waals surface area contributed by atoms with Crippen LogP contribution in [0.4, 0.5) is 10.2 Å². The first-order valence-corrected chi connectivity index (χ1v) is 23.2. The number of pyridine rings is 1. The Hall–Kier alpha value is -4.44. The maximum atomic E-state index is 17.1. The van der Waals surface area contributed by atoms with Crippen molar-refractivity contribution in [2.45, 2.75) is 161 Å². The molecular weight excluding hydrogens is 880 g/mol. The fourth-order valence-electron chi connectivity index (χ4n) is 9.04. The number of nitrogens with zero attached hydrogens (tertiary/aromatic N) is 4. The zero-order chi connectivity index (χ0) is 48.9. The predicted molar refractivity (Wildman–Crippen MR) is 242 cm³/mol. The Morgan fingerprint density at radius 3 is 2.44 bits per heavy atom. The van der Waals surface area contributed by atoms with Crippen LogP contribution in [0, 0.1) is 11.8 Å². The van der Waals surface area contributed by atoms with Crippen LogP contribution in [0.25, 0.3) is 10.6 Å². The Kier molecular flexibility index (Phi) is 17.2. The van der Waals surface area contributed by atoms with E-state index in [-0.39, 0.29) is 50.7 Å². The number of allylic oxidation sites excluding steroid dienone is 1. The minimum Gasteiger partial charge on any atom is -0.457 e. The summed E-state index contributed by atoms with van der Waals surface area (Å²) in [7, 11) is 3.65. The van der Waals surface area contributed by atoms with Crippen molar-refractivity contribution in [2.24, 2.45) is 17.0 Å². The summed E-state index contributed by atoms with van der Waals surface area (Å²) in [5, 5.41) is 22.4. The van der Waals surface area contributed by atoms with Crippen LogP contribution in [0.3, 0.4) is 0 Å². The highest BCUT2D eigenvalue weighted by Gasteiger charge is 2.56. The Labute approximate surface area is 390 Å². The van der Waals surface area contributed by atoms with E-state index in [0.717, 1.165) is 12.5 Å². The number of amides is 1. The van der Waals surface area contributed by atoms with Gasteiger partial charge in [0.15, 0.2) is 24.8 Å². The van der Waals surface area contributed by atoms with Crippen LogP contribution in [0.2, 0.25) is 0 Å². The summed E-state index contributed by atoms with van der Waals surface area (Å²) >= 11 is 1.39. The molecule has 2 aromatic rings. The summed E-state index contributed by atoms with van der Waals surface area (Å²) in [5.41, 5.74) is 1.05. The highest BCUT2D eigenvalue weighted by atomic mass is 32.1. The number of rotatable bonds is 11. The second-order valence-electron chi connectivity index (χ2n) is 18.3. The monoisotopic (exact) mass is 946 g/mol. The first kappa shape index (κ1) is 52.5. The topological polar surface area (TPSA) is 233 Å². The third kappa shape index (κ3) is 12.0. The lowest BCUT2D eigenvalue weighted by atomic mass is 9.76. The minimum absolute atomic E-state index is 0.0156. The van der Waals surface area contributed by atoms with Crippen LogP contribution in [0.15, 0.2) is 40.1 Å². The number of nitrogens with one attached hydrogen (secondary N) is 1. The lowest BCUT2D eigenvalue weighted by Crippen LogP contribution is -2.61. The molecule has 2 bridgehead atoms. The number of oxime groups is 1. The van der Waals surface area contributed by atoms with Crippen LogP contribution >= 0.6 is 11.3 Å². The normalized spacial score (nSPS) is 34.5. The number of aromatic nitrogens is 2. The lowest BCUT2D eigenvalue weighted by molar-refractivity contribution is -0.299. The van der Waals surface area contributed by atoms with Gasteiger partial charge in [-0.15, -0.1) is 11.3 Å². The number of anilines is 1. The van der Waals surface area contributed by atoms with Crippen LogP contribution in [0.1, 0.15) is 101 Å². The van der Waals surface area contributed by atoms with Gasteiger partial charge in [0.1, 0.15) is 34.3 Å². The van der Waals surface area contributed by atoms with E-state index in [4.69, 9.17) is 39.0 Å². The van der Waals surface area contributed by atoms with E-state index in [2.05, 4.69) is 20.4 Å². The molecule has 18 nitrogen and oxygen atoms in total. The smallest absolute Gasteiger partial charge is 0.351 e. The standard InChI is InChI=1S/C46H67FN6O12S/c1-13-33-46(10,58)40-26(5)36(51-35(55)14-2)24(3)18-44(8,60-21-31(20-59-40)52-61-22-30-16-15-29(19-49-30)41-50-34(48)23-66-41)39(27(6)38(56)45(9,47)43(57)64-33)65-42-37(63-28(7)54)32(53(11)12)17-25(4)62-42/h15-16,19,23-25,27,32-33,37,39-40,42,58H,13-14,17-18,20-22,48H2,1-12H3,(H,51,55)/t24-,25-,27+,32+,33-,37-,39-,40-,42+,44-,45+,46-/m1/s1. The number of aliphatic hydroxyl groups is 1. The molecule has 2 aromatic heterocycles. The van der Waals surface area contributed by atoms with Crippen LogP contribution in [-0.4, -0.2) is 136 Å². The van der Waals surface area contributed by atoms with Crippen molar-refractivity contribution < 1.29 is 61.9 Å². The molecule has 0 aromatic carbocycles. The average molecular weight is 947 g/mol. The van der Waals surface area contributed by atoms with Gasteiger partial charge in [0.25, 0.3) is 5.67 Å². The number of ether oxygens (including phenoxy) is 6. The first-order valence-electron chi connectivity index (χ1n) is 22.3. The van der Waals surface area contributed by atoms with Gasteiger partial charge in [-0.3, -0.25) is 19.4 Å². The fourth-order valence-corrected chi connectivity index (χ4v) is 9.74. The molecule has 3 aliphatic heterocycles. The van der Waals surface area contributed by atoms with E-state index >= 15 is 4.39 Å². The van der Waals surface area contributed by atoms with Crippen molar-refractivity contribution in [3.63, 3.8) is 0 Å². The van der Waals surface area contributed by atoms with Crippen molar-refractivity contribution in [1.82, 2.24) is 20.2 Å². The Morgan fingerprint density at radius 2 is 1.85 bits per heavy atom. The molecule has 1 saturated heterocycles. The van der Waals surface area contributed by atoms with E-state index < -0.39 is 89.3 Å². The third-order valence-electron chi connectivity index (χ3n) is 12.6. The first-order chi connectivity index (χ1) is 30.9. The highest BCUT2D eigenvalue weighted by Crippen LogP contribution is 2.42. The van der Waals surface area contributed by atoms with Crippen LogP contribution < -0.4 is 11.1 Å². The Balaban J connectivity index is 1.69. The van der Waals surface area contributed by atoms with E-state index in [0.29, 0.717) is 34.2 Å². The van der Waals surface area contributed by atoms with Gasteiger partial charge in [0.2, 0.25) is 5.91 Å². The maximum Gasteiger partial charge on any atom is 0.351 e. The van der Waals surface area contributed by atoms with Gasteiger partial charge in [-0.1, -0.05) is 32.9 Å². The molecule has 1 amide bonds. The number of thiazole rings is 1. The largest absolute Gasteiger partial charge is 0.457 e. The summed E-state index contributed by atoms with van der Waals surface area (Å²) in [6, 6.07) is 3.18. The number of hydrogen-bond acceptors (Lipinski definition) is 18. The molecule has 0 aliphatic carbocycles. The number of carbonyl (C=O) groups is 4. The van der Waals surface area contributed by atoms with Gasteiger partial charge >= 0.3 is 11.9 Å². The van der Waals surface area contributed by atoms with Crippen LogP contribution in [0.5, 0.6) is 0 Å². The van der Waals surface area contributed by atoms with Gasteiger partial charge in [0.05, 0.1) is 42.8 Å². The summed E-state index contributed by atoms with van der Waals surface area (Å²) in [6.07, 6.45) is -4.81. The number of likely N-dealkylation sites (N-methyl/N-ethyl adjacent to an activating group) is 1. The quantitative estimate of drug-likeness (QED) is 0.152. The number of nitrogens with two attached hydrogens (primary N) is 1. The molecule has 20 heteroatoms. The van der Waals surface area contributed by atoms with Crippen molar-refractivity contribution in [2.75, 3.05) is 33.0 Å². The molecule has 0 spiro atoms. The Morgan fingerprint density at radius 1 is 1.14 bits per heavy atom. The molecule has 1 fully saturated rings. The number of halogens is 1. The number of ketones is 1. The van der Waals surface area contributed by atoms with Gasteiger partial charge in [0, 0.05) is 42.1 Å². The summed E-state index contributed by atoms with van der Waals surface area (Å²) in [4.78, 5) is 71.1. The molecule has 66 heavy (non-hydrogen) atoms.